The second kappa shape index (κ2) is 11.2. The molecule has 0 spiro atoms. The maximum absolute atomic E-state index is 15.1. The van der Waals surface area contributed by atoms with Gasteiger partial charge in [0.1, 0.15) is 10.6 Å². The van der Waals surface area contributed by atoms with Gasteiger partial charge < -0.3 is 10.0 Å². The molecular formula is C30H29F8NO5S. The SMILES string of the molecule is O=C(O)C1CCC(C(=O)N2CC[C@]3(S(=O)(=O)c4ccc(F)cc4)c4ccc(C(F)(C(F)(F)F)C(F)(F)F)cc4CCC[C@H]23)CC1. The molecule has 5 rings (SSSR count). The van der Waals surface area contributed by atoms with Crippen molar-refractivity contribution in [2.45, 2.75) is 85.1 Å². The van der Waals surface area contributed by atoms with E-state index in [1.807, 2.05) is 0 Å². The summed E-state index contributed by atoms with van der Waals surface area (Å²) in [7, 11) is -4.61. The standard InChI is InChI=1S/C30H29F8NO5S/c31-21-9-11-22(12-10-21)45(43,44)27-14-15-39(25(40)17-4-6-18(7-5-17)26(41)42)24(27)3-1-2-19-16-20(8-13-23(19)27)28(32,29(33,34)35)30(36,37)38/h8-13,16-18,24H,1-7,14-15H2,(H,41,42)/t17?,18?,24-,27-/m0/s1. The molecule has 1 saturated carbocycles. The summed E-state index contributed by atoms with van der Waals surface area (Å²) in [5, 5.41) is 9.33. The molecule has 2 aromatic carbocycles. The summed E-state index contributed by atoms with van der Waals surface area (Å²) in [6.45, 7) is -0.123. The number of halogens is 8. The van der Waals surface area contributed by atoms with Gasteiger partial charge in [-0.3, -0.25) is 9.59 Å². The van der Waals surface area contributed by atoms with E-state index < -0.39 is 73.7 Å². The third kappa shape index (κ3) is 5.18. The van der Waals surface area contributed by atoms with Crippen LogP contribution in [0.2, 0.25) is 0 Å². The Balaban J connectivity index is 1.65. The minimum Gasteiger partial charge on any atom is -0.481 e. The van der Waals surface area contributed by atoms with E-state index in [0.717, 1.165) is 30.3 Å². The summed E-state index contributed by atoms with van der Waals surface area (Å²) < 4.78 is 138. The second-order valence-electron chi connectivity index (χ2n) is 11.9. The lowest BCUT2D eigenvalue weighted by Gasteiger charge is -2.39. The van der Waals surface area contributed by atoms with E-state index in [4.69, 9.17) is 0 Å². The molecule has 2 aromatic rings. The fourth-order valence-electron chi connectivity index (χ4n) is 7.33. The average molecular weight is 668 g/mol. The minimum atomic E-state index is -6.37. The molecular weight excluding hydrogens is 638 g/mol. The molecule has 1 N–H and O–H groups in total. The monoisotopic (exact) mass is 667 g/mol. The molecule has 1 amide bonds. The highest BCUT2D eigenvalue weighted by Gasteiger charge is 2.73. The summed E-state index contributed by atoms with van der Waals surface area (Å²) in [4.78, 5) is 26.3. The molecule has 0 unspecified atom stereocenters. The zero-order chi connectivity index (χ0) is 33.2. The van der Waals surface area contributed by atoms with Crippen molar-refractivity contribution >= 4 is 21.7 Å². The Labute approximate surface area is 253 Å². The van der Waals surface area contributed by atoms with Crippen LogP contribution in [0.25, 0.3) is 0 Å². The number of carboxylic acid groups (broad SMARTS) is 1. The topological polar surface area (TPSA) is 91.8 Å². The molecule has 15 heteroatoms. The first kappa shape index (κ1) is 33.1. The van der Waals surface area contributed by atoms with Gasteiger partial charge >= 0.3 is 24.0 Å². The molecule has 6 nitrogen and oxygen atoms in total. The number of fused-ring (bicyclic) bond motifs is 3. The van der Waals surface area contributed by atoms with E-state index in [2.05, 4.69) is 0 Å². The van der Waals surface area contributed by atoms with Crippen LogP contribution in [0.15, 0.2) is 47.4 Å². The maximum Gasteiger partial charge on any atom is 0.435 e. The van der Waals surface area contributed by atoms with Crippen LogP contribution in [-0.2, 0) is 36.3 Å². The van der Waals surface area contributed by atoms with E-state index >= 15 is 4.39 Å². The number of amides is 1. The number of sulfone groups is 1. The molecule has 0 radical (unpaired) electrons. The van der Waals surface area contributed by atoms with Crippen molar-refractivity contribution in [2.24, 2.45) is 11.8 Å². The Morgan fingerprint density at radius 2 is 1.42 bits per heavy atom. The van der Waals surface area contributed by atoms with Crippen molar-refractivity contribution in [2.75, 3.05) is 6.54 Å². The van der Waals surface area contributed by atoms with Crippen molar-refractivity contribution in [3.8, 4) is 0 Å². The van der Waals surface area contributed by atoms with Crippen molar-refractivity contribution < 1.29 is 58.2 Å². The molecule has 2 atom stereocenters. The number of nitrogens with zero attached hydrogens (tertiary/aromatic N) is 1. The first-order valence-electron chi connectivity index (χ1n) is 14.4. The lowest BCUT2D eigenvalue weighted by atomic mass is 9.81. The van der Waals surface area contributed by atoms with E-state index in [9.17, 15) is 53.8 Å². The zero-order valence-corrected chi connectivity index (χ0v) is 24.4. The zero-order valence-electron chi connectivity index (χ0n) is 23.6. The van der Waals surface area contributed by atoms with E-state index in [1.54, 1.807) is 0 Å². The minimum absolute atomic E-state index is 0.0000412. The molecule has 2 aliphatic carbocycles. The Hall–Kier alpha value is -3.23. The van der Waals surface area contributed by atoms with Crippen molar-refractivity contribution in [3.63, 3.8) is 0 Å². The number of aliphatic carboxylic acids is 1. The average Bonchev–Trinajstić information content (AvgIpc) is 3.27. The van der Waals surface area contributed by atoms with Crippen LogP contribution >= 0.6 is 0 Å². The van der Waals surface area contributed by atoms with E-state index in [0.29, 0.717) is 12.1 Å². The Bertz CT molecular complexity index is 1570. The molecule has 0 aromatic heterocycles. The molecule has 45 heavy (non-hydrogen) atoms. The highest BCUT2D eigenvalue weighted by Crippen LogP contribution is 2.56. The van der Waals surface area contributed by atoms with Gasteiger partial charge in [-0.25, -0.2) is 17.2 Å². The fraction of sp³-hybridized carbons (Fsp3) is 0.533. The van der Waals surface area contributed by atoms with E-state index in [1.165, 1.54) is 4.90 Å². The molecule has 0 bridgehead atoms. The number of hydrogen-bond acceptors (Lipinski definition) is 4. The number of carboxylic acids is 1. The Kier molecular flexibility index (Phi) is 8.27. The van der Waals surface area contributed by atoms with Gasteiger partial charge in [0.25, 0.3) is 0 Å². The maximum atomic E-state index is 15.1. The van der Waals surface area contributed by atoms with Crippen LogP contribution in [0.5, 0.6) is 0 Å². The van der Waals surface area contributed by atoms with Crippen LogP contribution in [-0.4, -0.2) is 55.2 Å². The summed E-state index contributed by atoms with van der Waals surface area (Å²) in [6, 6.07) is 4.15. The Morgan fingerprint density at radius 1 is 0.844 bits per heavy atom. The number of alkyl halides is 7. The molecule has 2 fully saturated rings. The quantitative estimate of drug-likeness (QED) is 0.286. The van der Waals surface area contributed by atoms with E-state index in [-0.39, 0.29) is 73.9 Å². The summed E-state index contributed by atoms with van der Waals surface area (Å²) in [5.74, 6) is -3.40. The van der Waals surface area contributed by atoms with Crippen molar-refractivity contribution in [1.29, 1.82) is 0 Å². The van der Waals surface area contributed by atoms with Crippen LogP contribution < -0.4 is 0 Å². The summed E-state index contributed by atoms with van der Waals surface area (Å²) >= 11 is 0. The predicted molar refractivity (Wildman–Crippen MR) is 143 cm³/mol. The summed E-state index contributed by atoms with van der Waals surface area (Å²) in [6.07, 6.45) is -12.2. The van der Waals surface area contributed by atoms with Crippen LogP contribution in [0.1, 0.15) is 61.6 Å². The molecule has 246 valence electrons. The number of benzene rings is 2. The van der Waals surface area contributed by atoms with Gasteiger partial charge in [0, 0.05) is 18.0 Å². The Morgan fingerprint density at radius 3 is 1.98 bits per heavy atom. The number of aryl methyl sites for hydroxylation is 1. The highest BCUT2D eigenvalue weighted by atomic mass is 32.2. The molecule has 1 aliphatic heterocycles. The first-order valence-corrected chi connectivity index (χ1v) is 15.8. The molecule has 1 saturated heterocycles. The number of likely N-dealkylation sites (tertiary alicyclic amines) is 1. The predicted octanol–water partition coefficient (Wildman–Crippen LogP) is 6.61. The number of carbonyl (C=O) groups is 2. The highest BCUT2D eigenvalue weighted by molar-refractivity contribution is 7.92. The number of carbonyl (C=O) groups excluding carboxylic acids is 1. The van der Waals surface area contributed by atoms with Gasteiger partial charge in [-0.2, -0.15) is 26.3 Å². The fourth-order valence-corrected chi connectivity index (χ4v) is 9.70. The third-order valence-corrected chi connectivity index (χ3v) is 12.2. The largest absolute Gasteiger partial charge is 0.481 e. The first-order chi connectivity index (χ1) is 20.9. The van der Waals surface area contributed by atoms with Gasteiger partial charge in [-0.15, -0.1) is 0 Å². The normalized spacial score (nSPS) is 26.1. The van der Waals surface area contributed by atoms with Gasteiger partial charge in [-0.1, -0.05) is 18.2 Å². The summed E-state index contributed by atoms with van der Waals surface area (Å²) in [5.41, 5.74) is -7.84. The van der Waals surface area contributed by atoms with Gasteiger partial charge in [0.15, 0.2) is 9.84 Å². The van der Waals surface area contributed by atoms with Crippen molar-refractivity contribution in [1.82, 2.24) is 4.90 Å². The molecule has 1 heterocycles. The number of rotatable bonds is 5. The third-order valence-electron chi connectivity index (χ3n) is 9.61. The van der Waals surface area contributed by atoms with Crippen molar-refractivity contribution in [3.05, 3.63) is 65.0 Å². The smallest absolute Gasteiger partial charge is 0.435 e. The van der Waals surface area contributed by atoms with Crippen LogP contribution in [0.3, 0.4) is 0 Å². The van der Waals surface area contributed by atoms with Gasteiger partial charge in [0.05, 0.1) is 16.9 Å². The molecule has 3 aliphatic rings. The van der Waals surface area contributed by atoms with Gasteiger partial charge in [0.2, 0.25) is 5.91 Å². The lowest BCUT2D eigenvalue weighted by molar-refractivity contribution is -0.348. The van der Waals surface area contributed by atoms with Crippen LogP contribution in [0.4, 0.5) is 35.1 Å². The number of hydrogen-bond donors (Lipinski definition) is 1. The second-order valence-corrected chi connectivity index (χ2v) is 14.2. The van der Waals surface area contributed by atoms with Gasteiger partial charge in [-0.05, 0) is 86.8 Å². The van der Waals surface area contributed by atoms with Crippen LogP contribution in [0, 0.1) is 17.7 Å². The lowest BCUT2D eigenvalue weighted by Crippen LogP contribution is -2.51.